The van der Waals surface area contributed by atoms with Gasteiger partial charge in [0.15, 0.2) is 0 Å². The molecule has 1 amide bonds. The van der Waals surface area contributed by atoms with Crippen LogP contribution in [0.5, 0.6) is 0 Å². The van der Waals surface area contributed by atoms with E-state index in [4.69, 9.17) is 10.00 Å². The van der Waals surface area contributed by atoms with Gasteiger partial charge in [0.25, 0.3) is 0 Å². The molecule has 3 rings (SSSR count). The summed E-state index contributed by atoms with van der Waals surface area (Å²) in [6.45, 7) is 1.91. The number of thiol groups is 1. The molecule has 2 aromatic carbocycles. The molecule has 1 heterocycles. The number of hydrogen-bond donors (Lipinski definition) is 4. The molecule has 0 saturated heterocycles. The summed E-state index contributed by atoms with van der Waals surface area (Å²) in [4.78, 5) is 14.0. The molecule has 3 N–H and O–H groups in total. The Labute approximate surface area is 192 Å². The van der Waals surface area contributed by atoms with Crippen LogP contribution in [0.3, 0.4) is 0 Å². The van der Waals surface area contributed by atoms with Gasteiger partial charge in [-0.2, -0.15) is 5.26 Å². The number of rotatable bonds is 8. The second-order valence-electron chi connectivity index (χ2n) is 7.02. The van der Waals surface area contributed by atoms with Gasteiger partial charge in [0, 0.05) is 28.9 Å². The van der Waals surface area contributed by atoms with Crippen LogP contribution in [0.1, 0.15) is 19.8 Å². The van der Waals surface area contributed by atoms with Gasteiger partial charge >= 0.3 is 0 Å². The number of benzene rings is 2. The van der Waals surface area contributed by atoms with Crippen molar-refractivity contribution in [1.29, 1.82) is 5.26 Å². The number of fused-ring (bicyclic) bond motifs is 1. The third-order valence-corrected chi connectivity index (χ3v) is 6.01. The largest absolute Gasteiger partial charge is 0.476 e. The SMILES string of the molecule is CN/N=C(/CC(=O)NCC#N)OC(C)CC1Nc2ccc(-c3cccc(S)c3)cc2S1. The highest BCUT2D eigenvalue weighted by atomic mass is 32.2. The Bertz CT molecular complexity index is 1010. The first-order valence-corrected chi connectivity index (χ1v) is 11.2. The number of anilines is 1. The number of hydrazone groups is 1. The van der Waals surface area contributed by atoms with Gasteiger partial charge in [0.2, 0.25) is 11.8 Å². The van der Waals surface area contributed by atoms with Gasteiger partial charge in [-0.1, -0.05) is 30.0 Å². The first kappa shape index (κ1) is 22.8. The fourth-order valence-electron chi connectivity index (χ4n) is 3.22. The Kier molecular flexibility index (Phi) is 8.09. The molecule has 0 bridgehead atoms. The standard InChI is InChI=1S/C22H25N5O2S2/c1-14(29-21(27-24-2)13-20(28)25-9-8-23)10-22-26-18-7-6-16(12-19(18)31-22)15-4-3-5-17(30)11-15/h3-7,11-12,14,22,24,26,30H,9-10,13H2,1-2H3,(H,25,28)/b27-21-. The lowest BCUT2D eigenvalue weighted by molar-refractivity contribution is -0.119. The zero-order valence-corrected chi connectivity index (χ0v) is 19.1. The minimum atomic E-state index is -0.304. The van der Waals surface area contributed by atoms with Crippen molar-refractivity contribution >= 4 is 41.9 Å². The first-order chi connectivity index (χ1) is 15.0. The van der Waals surface area contributed by atoms with Crippen LogP contribution in [-0.2, 0) is 9.53 Å². The van der Waals surface area contributed by atoms with Gasteiger partial charge < -0.3 is 20.8 Å². The minimum absolute atomic E-state index is 0.0219. The number of thioether (sulfide) groups is 1. The number of ether oxygens (including phenoxy) is 1. The van der Waals surface area contributed by atoms with Gasteiger partial charge in [-0.15, -0.1) is 17.7 Å². The highest BCUT2D eigenvalue weighted by Crippen LogP contribution is 2.42. The van der Waals surface area contributed by atoms with Gasteiger partial charge in [0.1, 0.15) is 19.1 Å². The third kappa shape index (κ3) is 6.57. The first-order valence-electron chi connectivity index (χ1n) is 9.88. The van der Waals surface area contributed by atoms with Crippen molar-refractivity contribution in [1.82, 2.24) is 10.7 Å². The highest BCUT2D eigenvalue weighted by molar-refractivity contribution is 8.00. The number of nitriles is 1. The van der Waals surface area contributed by atoms with Crippen molar-refractivity contribution in [2.75, 3.05) is 18.9 Å². The molecule has 0 radical (unpaired) electrons. The van der Waals surface area contributed by atoms with E-state index in [9.17, 15) is 4.79 Å². The number of hydrogen-bond acceptors (Lipinski definition) is 8. The molecular weight excluding hydrogens is 430 g/mol. The maximum absolute atomic E-state index is 11.9. The molecular formula is C22H25N5O2S2. The van der Waals surface area contributed by atoms with Crippen LogP contribution in [0.2, 0.25) is 0 Å². The Hall–Kier alpha value is -2.83. The zero-order chi connectivity index (χ0) is 22.2. The molecule has 0 spiro atoms. The van der Waals surface area contributed by atoms with E-state index in [1.54, 1.807) is 18.8 Å². The van der Waals surface area contributed by atoms with Crippen LogP contribution in [0, 0.1) is 11.3 Å². The number of carbonyl (C=O) groups excluding carboxylic acids is 1. The van der Waals surface area contributed by atoms with Crippen LogP contribution in [0.25, 0.3) is 11.1 Å². The average Bonchev–Trinajstić information content (AvgIpc) is 3.13. The Morgan fingerprint density at radius 1 is 1.35 bits per heavy atom. The van der Waals surface area contributed by atoms with E-state index < -0.39 is 0 Å². The fourth-order valence-corrected chi connectivity index (χ4v) is 4.75. The zero-order valence-electron chi connectivity index (χ0n) is 17.4. The Morgan fingerprint density at radius 3 is 2.90 bits per heavy atom. The second kappa shape index (κ2) is 11.0. The summed E-state index contributed by atoms with van der Waals surface area (Å²) in [6.07, 6.45) is 0.547. The van der Waals surface area contributed by atoms with E-state index in [1.165, 1.54) is 4.90 Å². The van der Waals surface area contributed by atoms with Gasteiger partial charge in [-0.05, 0) is 42.3 Å². The summed E-state index contributed by atoms with van der Waals surface area (Å²) < 4.78 is 5.89. The smallest absolute Gasteiger partial charge is 0.230 e. The molecule has 7 nitrogen and oxygen atoms in total. The topological polar surface area (TPSA) is 98.5 Å². The van der Waals surface area contributed by atoms with Crippen molar-refractivity contribution in [2.45, 2.75) is 41.0 Å². The third-order valence-electron chi connectivity index (χ3n) is 4.54. The second-order valence-corrected chi connectivity index (χ2v) is 8.78. The van der Waals surface area contributed by atoms with Crippen molar-refractivity contribution < 1.29 is 9.53 Å². The highest BCUT2D eigenvalue weighted by Gasteiger charge is 2.25. The summed E-state index contributed by atoms with van der Waals surface area (Å²) in [5.74, 6) is -0.0128. The lowest BCUT2D eigenvalue weighted by Crippen LogP contribution is -2.30. The summed E-state index contributed by atoms with van der Waals surface area (Å²) >= 11 is 6.19. The molecule has 0 aliphatic carbocycles. The Morgan fingerprint density at radius 2 is 2.16 bits per heavy atom. The molecule has 0 aromatic heterocycles. The number of nitrogens with one attached hydrogen (secondary N) is 3. The number of nitrogens with zero attached hydrogens (tertiary/aromatic N) is 2. The maximum atomic E-state index is 11.9. The normalized spacial score (nSPS) is 15.9. The fraction of sp³-hybridized carbons (Fsp3) is 0.318. The minimum Gasteiger partial charge on any atom is -0.476 e. The predicted molar refractivity (Wildman–Crippen MR) is 127 cm³/mol. The molecule has 1 aliphatic heterocycles. The van der Waals surface area contributed by atoms with Crippen LogP contribution in [-0.4, -0.2) is 36.9 Å². The molecule has 162 valence electrons. The average molecular weight is 456 g/mol. The number of amides is 1. The van der Waals surface area contributed by atoms with Crippen LogP contribution in [0.4, 0.5) is 5.69 Å². The van der Waals surface area contributed by atoms with E-state index in [1.807, 2.05) is 25.1 Å². The van der Waals surface area contributed by atoms with Crippen molar-refractivity contribution in [2.24, 2.45) is 5.10 Å². The number of carbonyl (C=O) groups is 1. The van der Waals surface area contributed by atoms with Crippen LogP contribution < -0.4 is 16.1 Å². The van der Waals surface area contributed by atoms with Gasteiger partial charge in [0.05, 0.1) is 11.4 Å². The molecule has 31 heavy (non-hydrogen) atoms. The van der Waals surface area contributed by atoms with E-state index in [0.717, 1.165) is 28.1 Å². The molecule has 0 saturated carbocycles. The summed E-state index contributed by atoms with van der Waals surface area (Å²) in [6, 6.07) is 16.4. The van der Waals surface area contributed by atoms with E-state index in [0.29, 0.717) is 5.90 Å². The summed E-state index contributed by atoms with van der Waals surface area (Å²) in [5, 5.41) is 18.8. The van der Waals surface area contributed by atoms with E-state index in [2.05, 4.69) is 64.1 Å². The lowest BCUT2D eigenvalue weighted by Gasteiger charge is -2.19. The Balaban J connectivity index is 1.58. The van der Waals surface area contributed by atoms with E-state index in [-0.39, 0.29) is 30.4 Å². The summed E-state index contributed by atoms with van der Waals surface area (Å²) in [7, 11) is 1.65. The van der Waals surface area contributed by atoms with Gasteiger partial charge in [-0.25, -0.2) is 0 Å². The predicted octanol–water partition coefficient (Wildman–Crippen LogP) is 3.84. The van der Waals surface area contributed by atoms with Gasteiger partial charge in [-0.3, -0.25) is 4.79 Å². The lowest BCUT2D eigenvalue weighted by atomic mass is 10.1. The molecule has 9 heteroatoms. The molecule has 2 atom stereocenters. The van der Waals surface area contributed by atoms with Crippen molar-refractivity contribution in [3.05, 3.63) is 42.5 Å². The van der Waals surface area contributed by atoms with Crippen molar-refractivity contribution in [3.63, 3.8) is 0 Å². The van der Waals surface area contributed by atoms with Crippen LogP contribution >= 0.6 is 24.4 Å². The molecule has 0 fully saturated rings. The van der Waals surface area contributed by atoms with E-state index >= 15 is 0 Å². The molecule has 2 unspecified atom stereocenters. The summed E-state index contributed by atoms with van der Waals surface area (Å²) in [5.41, 5.74) is 6.06. The quantitative estimate of drug-likeness (QED) is 0.159. The van der Waals surface area contributed by atoms with Crippen LogP contribution in [0.15, 0.2) is 57.4 Å². The van der Waals surface area contributed by atoms with Crippen molar-refractivity contribution in [3.8, 4) is 17.2 Å². The maximum Gasteiger partial charge on any atom is 0.230 e. The molecule has 2 aromatic rings. The molecule has 1 aliphatic rings. The monoisotopic (exact) mass is 455 g/mol.